The van der Waals surface area contributed by atoms with Crippen LogP contribution in [0.4, 0.5) is 16.2 Å². The van der Waals surface area contributed by atoms with Crippen molar-refractivity contribution in [3.8, 4) is 22.6 Å². The molecule has 0 aliphatic heterocycles. The number of ether oxygens (including phenoxy) is 1. The van der Waals surface area contributed by atoms with Gasteiger partial charge in [-0.05, 0) is 52.6 Å². The number of carbonyl (C=O) groups is 1. The zero-order chi connectivity index (χ0) is 28.8. The Labute approximate surface area is 239 Å². The number of carbonyl (C=O) groups excluding carboxylic acids is 1. The van der Waals surface area contributed by atoms with Crippen LogP contribution in [-0.2, 0) is 10.0 Å². The van der Waals surface area contributed by atoms with E-state index in [-0.39, 0.29) is 23.0 Å². The number of non-ortho nitro benzene ring substituents is 1. The molecular weight excluding hydrogens is 564 g/mol. The summed E-state index contributed by atoms with van der Waals surface area (Å²) in [7, 11) is -3.91. The van der Waals surface area contributed by atoms with Gasteiger partial charge in [-0.15, -0.1) is 11.3 Å². The molecule has 3 N–H and O–H groups in total. The van der Waals surface area contributed by atoms with E-state index in [1.807, 2.05) is 60.7 Å². The number of nitrogens with one attached hydrogen (secondary N) is 3. The van der Waals surface area contributed by atoms with Crippen molar-refractivity contribution in [2.75, 3.05) is 18.4 Å². The van der Waals surface area contributed by atoms with Gasteiger partial charge in [0.25, 0.3) is 15.7 Å². The number of sulfonamides is 1. The highest BCUT2D eigenvalue weighted by atomic mass is 32.2. The first kappa shape index (κ1) is 27.8. The molecule has 208 valence electrons. The quantitative estimate of drug-likeness (QED) is 0.0984. The Balaban J connectivity index is 1.23. The van der Waals surface area contributed by atoms with Crippen molar-refractivity contribution in [1.82, 2.24) is 10.0 Å². The molecule has 0 radical (unpaired) electrons. The number of fused-ring (bicyclic) bond motifs is 1. The van der Waals surface area contributed by atoms with Gasteiger partial charge in [-0.1, -0.05) is 48.5 Å². The Hall–Kier alpha value is -4.78. The van der Waals surface area contributed by atoms with E-state index in [4.69, 9.17) is 4.74 Å². The molecule has 12 heteroatoms. The predicted octanol–water partition coefficient (Wildman–Crippen LogP) is 6.37. The number of thiophene rings is 1. The SMILES string of the molecule is O=C(NCCNS(=O)(=O)c1sccc1-c1ccccc1Oc1ccc2ccccc2c1)Nc1ccc([N+](=O)[O-])cc1. The van der Waals surface area contributed by atoms with Crippen LogP contribution in [0.1, 0.15) is 0 Å². The van der Waals surface area contributed by atoms with Crippen molar-refractivity contribution in [2.45, 2.75) is 4.21 Å². The standard InChI is InChI=1S/C29H24N4O6S2/c34-29(32-22-10-12-23(13-11-22)33(35)36)30-16-17-31-41(37,38)28-26(15-18-40-28)25-7-3-4-8-27(25)39-24-14-9-20-5-1-2-6-21(20)19-24/h1-15,18-19,31H,16-17H2,(H2,30,32,34). The summed E-state index contributed by atoms with van der Waals surface area (Å²) in [4.78, 5) is 22.4. The van der Waals surface area contributed by atoms with Crippen molar-refractivity contribution >= 4 is 49.5 Å². The molecule has 2 amide bonds. The summed E-state index contributed by atoms with van der Waals surface area (Å²) in [5.74, 6) is 1.15. The highest BCUT2D eigenvalue weighted by molar-refractivity contribution is 7.91. The second kappa shape index (κ2) is 12.2. The molecule has 0 unspecified atom stereocenters. The number of amides is 2. The van der Waals surface area contributed by atoms with Crippen LogP contribution in [0, 0.1) is 10.1 Å². The first-order valence-corrected chi connectivity index (χ1v) is 14.8. The lowest BCUT2D eigenvalue weighted by molar-refractivity contribution is -0.384. The first-order valence-electron chi connectivity index (χ1n) is 12.4. The fraction of sp³-hybridized carbons (Fsp3) is 0.0690. The monoisotopic (exact) mass is 588 g/mol. The van der Waals surface area contributed by atoms with Crippen molar-refractivity contribution in [1.29, 1.82) is 0 Å². The molecule has 10 nitrogen and oxygen atoms in total. The van der Waals surface area contributed by atoms with Crippen molar-refractivity contribution < 1.29 is 22.9 Å². The molecule has 0 atom stereocenters. The Morgan fingerprint density at radius 2 is 1.59 bits per heavy atom. The van der Waals surface area contributed by atoms with E-state index >= 15 is 0 Å². The molecule has 4 aromatic carbocycles. The minimum atomic E-state index is -3.91. The maximum Gasteiger partial charge on any atom is 0.319 e. The first-order chi connectivity index (χ1) is 19.8. The van der Waals surface area contributed by atoms with Crippen LogP contribution in [0.15, 0.2) is 107 Å². The molecule has 0 bridgehead atoms. The fourth-order valence-corrected chi connectivity index (χ4v) is 6.56. The zero-order valence-electron chi connectivity index (χ0n) is 21.4. The lowest BCUT2D eigenvalue weighted by Gasteiger charge is -2.13. The number of nitrogens with zero attached hydrogens (tertiary/aromatic N) is 1. The number of rotatable bonds is 10. The summed E-state index contributed by atoms with van der Waals surface area (Å²) in [6, 6.07) is 27.5. The van der Waals surface area contributed by atoms with Crippen LogP contribution >= 0.6 is 11.3 Å². The second-order valence-corrected chi connectivity index (χ2v) is 11.7. The lowest BCUT2D eigenvalue weighted by Crippen LogP contribution is -2.36. The maximum atomic E-state index is 13.2. The summed E-state index contributed by atoms with van der Waals surface area (Å²) >= 11 is 1.08. The number of nitro benzene ring substituents is 1. The lowest BCUT2D eigenvalue weighted by atomic mass is 10.1. The summed E-state index contributed by atoms with van der Waals surface area (Å²) in [6.07, 6.45) is 0. The second-order valence-electron chi connectivity index (χ2n) is 8.81. The van der Waals surface area contributed by atoms with E-state index in [9.17, 15) is 23.3 Å². The molecule has 5 aromatic rings. The summed E-state index contributed by atoms with van der Waals surface area (Å²) in [5, 5.41) is 19.7. The number of benzene rings is 4. The van der Waals surface area contributed by atoms with Gasteiger partial charge in [0.05, 0.1) is 4.92 Å². The highest BCUT2D eigenvalue weighted by Gasteiger charge is 2.23. The van der Waals surface area contributed by atoms with E-state index < -0.39 is 21.0 Å². The minimum absolute atomic E-state index is 0.0143. The largest absolute Gasteiger partial charge is 0.457 e. The van der Waals surface area contributed by atoms with Gasteiger partial charge in [0.1, 0.15) is 15.7 Å². The van der Waals surface area contributed by atoms with E-state index in [0.29, 0.717) is 28.3 Å². The molecular formula is C29H24N4O6S2. The smallest absolute Gasteiger partial charge is 0.319 e. The van der Waals surface area contributed by atoms with E-state index in [2.05, 4.69) is 15.4 Å². The number of para-hydroxylation sites is 1. The minimum Gasteiger partial charge on any atom is -0.457 e. The van der Waals surface area contributed by atoms with Gasteiger partial charge in [-0.3, -0.25) is 10.1 Å². The third-order valence-electron chi connectivity index (χ3n) is 6.04. The number of nitro groups is 1. The maximum absolute atomic E-state index is 13.2. The van der Waals surface area contributed by atoms with Gasteiger partial charge in [0.15, 0.2) is 0 Å². The van der Waals surface area contributed by atoms with Gasteiger partial charge in [0.2, 0.25) is 0 Å². The molecule has 0 aliphatic rings. The average molecular weight is 589 g/mol. The predicted molar refractivity (Wildman–Crippen MR) is 159 cm³/mol. The summed E-state index contributed by atoms with van der Waals surface area (Å²) in [5.41, 5.74) is 1.40. The number of hydrogen-bond acceptors (Lipinski definition) is 7. The summed E-state index contributed by atoms with van der Waals surface area (Å²) in [6.45, 7) is -0.0387. The van der Waals surface area contributed by atoms with E-state index in [1.165, 1.54) is 24.3 Å². The van der Waals surface area contributed by atoms with Crippen LogP contribution in [0.5, 0.6) is 11.5 Å². The summed E-state index contributed by atoms with van der Waals surface area (Å²) < 4.78 is 35.3. The molecule has 0 saturated heterocycles. The molecule has 0 saturated carbocycles. The van der Waals surface area contributed by atoms with Crippen LogP contribution in [0.25, 0.3) is 21.9 Å². The molecule has 0 spiro atoms. The van der Waals surface area contributed by atoms with Crippen molar-refractivity contribution in [2.24, 2.45) is 0 Å². The topological polar surface area (TPSA) is 140 Å². The Bertz CT molecular complexity index is 1820. The van der Waals surface area contributed by atoms with Crippen molar-refractivity contribution in [3.63, 3.8) is 0 Å². The van der Waals surface area contributed by atoms with Crippen LogP contribution in [0.2, 0.25) is 0 Å². The molecule has 1 heterocycles. The Kier molecular flexibility index (Phi) is 8.24. The normalized spacial score (nSPS) is 11.2. The molecule has 1 aromatic heterocycles. The third kappa shape index (κ3) is 6.69. The Morgan fingerprint density at radius 3 is 2.37 bits per heavy atom. The number of hydrogen-bond donors (Lipinski definition) is 3. The average Bonchev–Trinajstić information content (AvgIpc) is 3.47. The van der Waals surface area contributed by atoms with Gasteiger partial charge in [-0.25, -0.2) is 17.9 Å². The van der Waals surface area contributed by atoms with Gasteiger partial charge in [-0.2, -0.15) is 0 Å². The van der Waals surface area contributed by atoms with Gasteiger partial charge < -0.3 is 15.4 Å². The molecule has 41 heavy (non-hydrogen) atoms. The fourth-order valence-electron chi connectivity index (χ4n) is 4.11. The number of urea groups is 1. The molecule has 5 rings (SSSR count). The van der Waals surface area contributed by atoms with Gasteiger partial charge in [0, 0.05) is 42.0 Å². The van der Waals surface area contributed by atoms with E-state index in [1.54, 1.807) is 17.5 Å². The van der Waals surface area contributed by atoms with Gasteiger partial charge >= 0.3 is 6.03 Å². The highest BCUT2D eigenvalue weighted by Crippen LogP contribution is 2.39. The number of anilines is 1. The zero-order valence-corrected chi connectivity index (χ0v) is 23.1. The van der Waals surface area contributed by atoms with Crippen molar-refractivity contribution in [3.05, 3.63) is 113 Å². The van der Waals surface area contributed by atoms with E-state index in [0.717, 1.165) is 22.1 Å². The Morgan fingerprint density at radius 1 is 0.854 bits per heavy atom. The van der Waals surface area contributed by atoms with Crippen LogP contribution in [-0.4, -0.2) is 32.5 Å². The third-order valence-corrected chi connectivity index (χ3v) is 8.98. The molecule has 0 aliphatic carbocycles. The molecule has 0 fully saturated rings. The van der Waals surface area contributed by atoms with Crippen LogP contribution < -0.4 is 20.1 Å². The van der Waals surface area contributed by atoms with Crippen LogP contribution in [0.3, 0.4) is 0 Å².